The summed E-state index contributed by atoms with van der Waals surface area (Å²) >= 11 is 12.8. The van der Waals surface area contributed by atoms with Gasteiger partial charge in [-0.3, -0.25) is 19.1 Å². The zero-order valence-corrected chi connectivity index (χ0v) is 27.7. The molecule has 4 heterocycles. The summed E-state index contributed by atoms with van der Waals surface area (Å²) in [5, 5.41) is 26.8. The lowest BCUT2D eigenvalue weighted by Crippen LogP contribution is -2.28. The molecule has 2 atom stereocenters. The van der Waals surface area contributed by atoms with Gasteiger partial charge in [0.05, 0.1) is 58.4 Å². The maximum Gasteiger partial charge on any atom is 0.490 e. The second-order valence-corrected chi connectivity index (χ2v) is 12.0. The fourth-order valence-electron chi connectivity index (χ4n) is 5.33. The highest BCUT2D eigenvalue weighted by molar-refractivity contribution is 6.33. The highest BCUT2D eigenvalue weighted by atomic mass is 35.5. The van der Waals surface area contributed by atoms with Crippen molar-refractivity contribution in [1.29, 1.82) is 5.26 Å². The number of carbonyl (C=O) groups excluding carboxylic acids is 1. The van der Waals surface area contributed by atoms with Crippen LogP contribution in [0.15, 0.2) is 72.2 Å². The number of nitrogens with one attached hydrogen (secondary N) is 1. The van der Waals surface area contributed by atoms with Gasteiger partial charge in [0.25, 0.3) is 5.56 Å². The third-order valence-corrected chi connectivity index (χ3v) is 8.53. The van der Waals surface area contributed by atoms with Crippen molar-refractivity contribution < 1.29 is 32.3 Å². The number of aromatic nitrogens is 6. The average Bonchev–Trinajstić information content (AvgIpc) is 3.64. The number of aliphatic carboxylic acids is 1. The number of rotatable bonds is 3. The number of hydrogen-bond acceptors (Lipinski definition) is 8. The number of nitrogens with zero attached hydrogens (tertiary/aromatic N) is 7. The summed E-state index contributed by atoms with van der Waals surface area (Å²) in [5.41, 5.74) is 2.38. The summed E-state index contributed by atoms with van der Waals surface area (Å²) in [4.78, 5) is 44.9. The van der Waals surface area contributed by atoms with Crippen molar-refractivity contribution in [2.45, 2.75) is 38.4 Å². The van der Waals surface area contributed by atoms with Crippen molar-refractivity contribution in [2.75, 3.05) is 5.32 Å². The topological polar surface area (TPSA) is 169 Å². The fraction of sp³-hybridized carbons (Fsp3) is 0.212. The Hall–Kier alpha value is -5.66. The smallest absolute Gasteiger partial charge is 0.475 e. The van der Waals surface area contributed by atoms with Gasteiger partial charge in [0.1, 0.15) is 10.7 Å². The van der Waals surface area contributed by atoms with Gasteiger partial charge in [-0.25, -0.2) is 18.9 Å². The van der Waals surface area contributed by atoms with Crippen LogP contribution in [0.4, 0.5) is 23.2 Å². The Bertz CT molecular complexity index is 2220. The van der Waals surface area contributed by atoms with Gasteiger partial charge in [0.2, 0.25) is 5.91 Å². The van der Waals surface area contributed by atoms with E-state index in [0.29, 0.717) is 41.8 Å². The van der Waals surface area contributed by atoms with Crippen LogP contribution in [0, 0.1) is 23.1 Å². The van der Waals surface area contributed by atoms with Crippen LogP contribution in [0.3, 0.4) is 0 Å². The first kappa shape index (κ1) is 36.6. The van der Waals surface area contributed by atoms with Crippen molar-refractivity contribution in [3.8, 4) is 34.1 Å². The summed E-state index contributed by atoms with van der Waals surface area (Å²) in [5.74, 6) is -4.09. The first-order chi connectivity index (χ1) is 24.2. The van der Waals surface area contributed by atoms with Gasteiger partial charge < -0.3 is 10.4 Å². The molecule has 2 bridgehead atoms. The molecule has 0 unspecified atom stereocenters. The van der Waals surface area contributed by atoms with Gasteiger partial charge in [-0.15, -0.1) is 5.10 Å². The Balaban J connectivity index is 0.000000654. The van der Waals surface area contributed by atoms with E-state index in [2.05, 4.69) is 31.7 Å². The monoisotopic (exact) mass is 742 g/mol. The molecular weight excluding hydrogens is 719 g/mol. The standard InChI is InChI=1S/C31H23Cl2FN8O2.C2HF3O2/c1-17-3-2-4-24(23-14-19(9-10-36-23)20-6-5-18(15-35)13-22(20)39-30(17)43)41-16-37-29(27(33)31(41)44)26-25(42-12-11-38-40-42)8-7-21(32)28(26)34;3-2(4,5)1(6)7/h5-14,16-17,24H,2-4H2,1H3,(H,39,43);(H,6,7)/t17-,24+;/m1./s1. The normalized spacial score (nSPS) is 15.9. The predicted molar refractivity (Wildman–Crippen MR) is 177 cm³/mol. The largest absolute Gasteiger partial charge is 0.490 e. The molecule has 1 aliphatic rings. The minimum Gasteiger partial charge on any atom is -0.475 e. The highest BCUT2D eigenvalue weighted by Crippen LogP contribution is 2.37. The van der Waals surface area contributed by atoms with Gasteiger partial charge in [0.15, 0.2) is 5.82 Å². The minimum atomic E-state index is -5.08. The number of benzene rings is 2. The number of fused-ring (bicyclic) bond motifs is 4. The minimum absolute atomic E-state index is 0.0933. The maximum absolute atomic E-state index is 15.5. The number of hydrogen-bond donors (Lipinski definition) is 2. The number of anilines is 1. The van der Waals surface area contributed by atoms with E-state index in [1.807, 2.05) is 13.0 Å². The molecule has 5 aromatic rings. The highest BCUT2D eigenvalue weighted by Gasteiger charge is 2.38. The quantitative estimate of drug-likeness (QED) is 0.188. The second kappa shape index (κ2) is 15.1. The molecule has 51 heavy (non-hydrogen) atoms. The van der Waals surface area contributed by atoms with Crippen LogP contribution in [-0.2, 0) is 9.59 Å². The zero-order valence-electron chi connectivity index (χ0n) is 26.2. The molecular formula is C33H24Cl2F4N8O4. The Kier molecular flexibility index (Phi) is 10.8. The number of amides is 1. The zero-order chi connectivity index (χ0) is 37.0. The number of pyridine rings is 1. The van der Waals surface area contributed by atoms with Gasteiger partial charge in [0, 0.05) is 23.4 Å². The van der Waals surface area contributed by atoms with Crippen LogP contribution < -0.4 is 10.9 Å². The van der Waals surface area contributed by atoms with E-state index in [1.54, 1.807) is 30.5 Å². The molecule has 1 amide bonds. The molecule has 0 saturated heterocycles. The van der Waals surface area contributed by atoms with Gasteiger partial charge in [-0.2, -0.15) is 18.4 Å². The molecule has 1 aliphatic heterocycles. The third-order valence-electron chi connectivity index (χ3n) is 7.90. The molecule has 18 heteroatoms. The third kappa shape index (κ3) is 7.89. The van der Waals surface area contributed by atoms with E-state index >= 15 is 4.39 Å². The van der Waals surface area contributed by atoms with Crippen LogP contribution in [0.5, 0.6) is 0 Å². The first-order valence-electron chi connectivity index (χ1n) is 14.9. The second-order valence-electron chi connectivity index (χ2n) is 11.2. The van der Waals surface area contributed by atoms with Crippen molar-refractivity contribution >= 4 is 40.8 Å². The van der Waals surface area contributed by atoms with Crippen LogP contribution in [0.1, 0.15) is 43.5 Å². The first-order valence-corrected chi connectivity index (χ1v) is 15.7. The molecule has 2 aromatic carbocycles. The number of carboxylic acid groups (broad SMARTS) is 1. The van der Waals surface area contributed by atoms with E-state index in [1.165, 1.54) is 40.1 Å². The maximum atomic E-state index is 15.5. The lowest BCUT2D eigenvalue weighted by atomic mass is 9.95. The molecule has 6 rings (SSSR count). The Morgan fingerprint density at radius 2 is 1.82 bits per heavy atom. The van der Waals surface area contributed by atoms with Gasteiger partial charge >= 0.3 is 12.1 Å². The molecule has 0 saturated carbocycles. The van der Waals surface area contributed by atoms with Crippen molar-refractivity contribution in [2.24, 2.45) is 5.92 Å². The van der Waals surface area contributed by atoms with Crippen molar-refractivity contribution in [3.05, 3.63) is 105 Å². The summed E-state index contributed by atoms with van der Waals surface area (Å²) < 4.78 is 49.9. The van der Waals surface area contributed by atoms with E-state index in [0.717, 1.165) is 5.56 Å². The number of carboxylic acids is 1. The predicted octanol–water partition coefficient (Wildman–Crippen LogP) is 6.85. The Labute approximate surface area is 295 Å². The number of halogens is 6. The van der Waals surface area contributed by atoms with E-state index < -0.39 is 29.6 Å². The van der Waals surface area contributed by atoms with Crippen LogP contribution in [-0.4, -0.2) is 52.7 Å². The fourth-order valence-corrected chi connectivity index (χ4v) is 5.73. The molecule has 262 valence electrons. The molecule has 12 nitrogen and oxygen atoms in total. The molecule has 0 fully saturated rings. The summed E-state index contributed by atoms with van der Waals surface area (Å²) in [7, 11) is 0. The molecule has 2 N–H and O–H groups in total. The summed E-state index contributed by atoms with van der Waals surface area (Å²) in [6.45, 7) is 1.83. The molecule has 0 spiro atoms. The molecule has 0 radical (unpaired) electrons. The van der Waals surface area contributed by atoms with Crippen LogP contribution in [0.2, 0.25) is 10.0 Å². The number of alkyl halides is 3. The average molecular weight is 744 g/mol. The Morgan fingerprint density at radius 3 is 2.49 bits per heavy atom. The van der Waals surface area contributed by atoms with Crippen molar-refractivity contribution in [1.82, 2.24) is 29.5 Å². The Morgan fingerprint density at radius 1 is 1.08 bits per heavy atom. The lowest BCUT2D eigenvalue weighted by molar-refractivity contribution is -0.192. The van der Waals surface area contributed by atoms with E-state index in [9.17, 15) is 28.0 Å². The van der Waals surface area contributed by atoms with Crippen molar-refractivity contribution in [3.63, 3.8) is 0 Å². The summed E-state index contributed by atoms with van der Waals surface area (Å²) in [6, 6.07) is 13.1. The van der Waals surface area contributed by atoms with E-state index in [-0.39, 0.29) is 38.8 Å². The van der Waals surface area contributed by atoms with Gasteiger partial charge in [-0.1, -0.05) is 47.8 Å². The SMILES string of the molecule is C[C@@H]1CCC[C@H](n2cnc(-c3c(-n4ccnn4)ccc(Cl)c3F)c(Cl)c2=O)c2cc(ccn2)-c2ccc(C#N)cc2NC1=O.O=C(O)C(F)(F)F. The number of carbonyl (C=O) groups is 2. The van der Waals surface area contributed by atoms with Crippen LogP contribution in [0.25, 0.3) is 28.1 Å². The van der Waals surface area contributed by atoms with E-state index in [4.69, 9.17) is 33.1 Å². The van der Waals surface area contributed by atoms with Crippen LogP contribution >= 0.6 is 23.2 Å². The van der Waals surface area contributed by atoms with Gasteiger partial charge in [-0.05, 0) is 54.8 Å². The summed E-state index contributed by atoms with van der Waals surface area (Å²) in [6.07, 6.45) is 2.35. The lowest BCUT2D eigenvalue weighted by Gasteiger charge is -2.23. The number of nitriles is 1. The molecule has 3 aromatic heterocycles. The molecule has 0 aliphatic carbocycles.